The van der Waals surface area contributed by atoms with Gasteiger partial charge in [0, 0.05) is 19.1 Å². The van der Waals surface area contributed by atoms with Crippen LogP contribution < -0.4 is 11.1 Å². The van der Waals surface area contributed by atoms with Crippen molar-refractivity contribution >= 4 is 5.91 Å². The highest BCUT2D eigenvalue weighted by Gasteiger charge is 2.52. The van der Waals surface area contributed by atoms with E-state index in [9.17, 15) is 9.90 Å². The summed E-state index contributed by atoms with van der Waals surface area (Å²) in [5, 5.41) is 12.9. The van der Waals surface area contributed by atoms with Gasteiger partial charge in [-0.05, 0) is 39.2 Å². The normalized spacial score (nSPS) is 34.8. The largest absolute Gasteiger partial charge is 0.390 e. The summed E-state index contributed by atoms with van der Waals surface area (Å²) in [7, 11) is 1.82. The molecule has 0 saturated carbocycles. The van der Waals surface area contributed by atoms with Crippen LogP contribution in [0.25, 0.3) is 0 Å². The molecule has 5 nitrogen and oxygen atoms in total. The summed E-state index contributed by atoms with van der Waals surface area (Å²) in [5.41, 5.74) is 5.13. The minimum Gasteiger partial charge on any atom is -0.390 e. The predicted octanol–water partition coefficient (Wildman–Crippen LogP) is -0.561. The number of piperidine rings is 1. The molecule has 1 unspecified atom stereocenters. The number of carbonyl (C=O) groups is 1. The lowest BCUT2D eigenvalue weighted by molar-refractivity contribution is -0.132. The highest BCUT2D eigenvalue weighted by atomic mass is 16.3. The third kappa shape index (κ3) is 2.19. The number of aliphatic hydroxyl groups is 1. The molecular formula is C12H23N3O2. The van der Waals surface area contributed by atoms with Gasteiger partial charge in [-0.2, -0.15) is 0 Å². The number of primary amides is 1. The van der Waals surface area contributed by atoms with Crippen molar-refractivity contribution in [2.24, 2.45) is 5.73 Å². The molecule has 0 aliphatic carbocycles. The Kier molecular flexibility index (Phi) is 3.70. The van der Waals surface area contributed by atoms with E-state index < -0.39 is 11.6 Å². The lowest BCUT2D eigenvalue weighted by Crippen LogP contribution is -2.60. The Labute approximate surface area is 102 Å². The number of hydrogen-bond donors (Lipinski definition) is 3. The zero-order valence-electron chi connectivity index (χ0n) is 10.5. The van der Waals surface area contributed by atoms with E-state index in [2.05, 4.69) is 10.2 Å². The van der Waals surface area contributed by atoms with Crippen LogP contribution in [-0.4, -0.2) is 53.7 Å². The number of fused-ring (bicyclic) bond motifs is 2. The van der Waals surface area contributed by atoms with E-state index >= 15 is 0 Å². The van der Waals surface area contributed by atoms with Gasteiger partial charge in [-0.3, -0.25) is 9.69 Å². The highest BCUT2D eigenvalue weighted by molar-refractivity contribution is 5.85. The number of likely N-dealkylation sites (N-methyl/N-ethyl adjacent to an activating group) is 1. The van der Waals surface area contributed by atoms with Crippen LogP contribution in [0.3, 0.4) is 0 Å². The maximum atomic E-state index is 11.8. The van der Waals surface area contributed by atoms with Crippen molar-refractivity contribution in [3.8, 4) is 0 Å². The van der Waals surface area contributed by atoms with Crippen molar-refractivity contribution in [2.75, 3.05) is 20.1 Å². The van der Waals surface area contributed by atoms with Crippen molar-refractivity contribution in [1.82, 2.24) is 10.2 Å². The first-order valence-corrected chi connectivity index (χ1v) is 6.49. The summed E-state index contributed by atoms with van der Waals surface area (Å²) >= 11 is 0. The molecule has 2 aliphatic rings. The first kappa shape index (κ1) is 12.8. The number of nitrogens with two attached hydrogens (primary N) is 1. The molecule has 98 valence electrons. The lowest BCUT2D eigenvalue weighted by atomic mass is 9.87. The quantitative estimate of drug-likeness (QED) is 0.603. The van der Waals surface area contributed by atoms with Gasteiger partial charge in [-0.15, -0.1) is 0 Å². The summed E-state index contributed by atoms with van der Waals surface area (Å²) in [6, 6.07) is 0.433. The Bertz CT molecular complexity index is 293. The average Bonchev–Trinajstić information content (AvgIpc) is 2.49. The second-order valence-corrected chi connectivity index (χ2v) is 5.34. The topological polar surface area (TPSA) is 78.6 Å². The van der Waals surface area contributed by atoms with E-state index in [4.69, 9.17) is 5.73 Å². The van der Waals surface area contributed by atoms with Crippen LogP contribution in [0, 0.1) is 0 Å². The Morgan fingerprint density at radius 2 is 2.35 bits per heavy atom. The molecule has 4 N–H and O–H groups in total. The zero-order valence-corrected chi connectivity index (χ0v) is 10.5. The van der Waals surface area contributed by atoms with Gasteiger partial charge in [0.2, 0.25) is 5.91 Å². The molecular weight excluding hydrogens is 218 g/mol. The van der Waals surface area contributed by atoms with Crippen molar-refractivity contribution in [3.05, 3.63) is 0 Å². The van der Waals surface area contributed by atoms with Crippen molar-refractivity contribution in [1.29, 1.82) is 0 Å². The lowest BCUT2D eigenvalue weighted by Gasteiger charge is -2.43. The van der Waals surface area contributed by atoms with E-state index in [1.165, 1.54) is 0 Å². The molecule has 2 fully saturated rings. The first-order chi connectivity index (χ1) is 8.10. The molecule has 2 aliphatic heterocycles. The van der Waals surface area contributed by atoms with Gasteiger partial charge in [-0.1, -0.05) is 0 Å². The summed E-state index contributed by atoms with van der Waals surface area (Å²) < 4.78 is 0. The van der Waals surface area contributed by atoms with Crippen LogP contribution in [0.5, 0.6) is 0 Å². The molecule has 2 saturated heterocycles. The third-order valence-corrected chi connectivity index (χ3v) is 4.32. The van der Waals surface area contributed by atoms with Gasteiger partial charge in [0.25, 0.3) is 0 Å². The number of nitrogens with one attached hydrogen (secondary N) is 1. The summed E-state index contributed by atoms with van der Waals surface area (Å²) in [4.78, 5) is 13.9. The fourth-order valence-corrected chi connectivity index (χ4v) is 3.49. The molecule has 1 amide bonds. The SMILES string of the molecule is CNCC(O)CN1[C@@H]2CCC[C@@]1(C(N)=O)CC2. The van der Waals surface area contributed by atoms with Gasteiger partial charge in [0.1, 0.15) is 5.54 Å². The number of amides is 1. The van der Waals surface area contributed by atoms with E-state index in [0.717, 1.165) is 32.1 Å². The van der Waals surface area contributed by atoms with Crippen molar-refractivity contribution < 1.29 is 9.90 Å². The summed E-state index contributed by atoms with van der Waals surface area (Å²) in [5.74, 6) is -0.212. The van der Waals surface area contributed by atoms with Gasteiger partial charge in [-0.25, -0.2) is 0 Å². The number of hydrogen-bond acceptors (Lipinski definition) is 4. The predicted molar refractivity (Wildman–Crippen MR) is 65.4 cm³/mol. The highest BCUT2D eigenvalue weighted by Crippen LogP contribution is 2.43. The Balaban J connectivity index is 2.10. The van der Waals surface area contributed by atoms with Crippen LogP contribution in [0.15, 0.2) is 0 Å². The smallest absolute Gasteiger partial charge is 0.237 e. The minimum absolute atomic E-state index is 0.212. The Morgan fingerprint density at radius 3 is 3.00 bits per heavy atom. The number of nitrogens with zero attached hydrogens (tertiary/aromatic N) is 1. The van der Waals surface area contributed by atoms with E-state index in [1.807, 2.05) is 7.05 Å². The molecule has 0 aromatic rings. The van der Waals surface area contributed by atoms with Crippen LogP contribution in [-0.2, 0) is 4.79 Å². The molecule has 0 spiro atoms. The number of rotatable bonds is 5. The fraction of sp³-hybridized carbons (Fsp3) is 0.917. The van der Waals surface area contributed by atoms with Crippen LogP contribution in [0.1, 0.15) is 32.1 Å². The monoisotopic (exact) mass is 241 g/mol. The maximum Gasteiger partial charge on any atom is 0.237 e. The second-order valence-electron chi connectivity index (χ2n) is 5.34. The van der Waals surface area contributed by atoms with Gasteiger partial charge < -0.3 is 16.2 Å². The molecule has 0 aromatic carbocycles. The van der Waals surface area contributed by atoms with Crippen molar-refractivity contribution in [3.63, 3.8) is 0 Å². The van der Waals surface area contributed by atoms with Crippen molar-refractivity contribution in [2.45, 2.75) is 49.8 Å². The Hall–Kier alpha value is -0.650. The van der Waals surface area contributed by atoms with E-state index in [1.54, 1.807) is 0 Å². The van der Waals surface area contributed by atoms with Gasteiger partial charge in [0.15, 0.2) is 0 Å². The number of aliphatic hydroxyl groups excluding tert-OH is 1. The standard InChI is InChI=1S/C12H23N3O2/c1-14-7-10(16)8-15-9-3-2-5-12(15,6-4-9)11(13)17/h9-10,14,16H,2-8H2,1H3,(H2,13,17)/t9-,10?,12+/m1/s1. The van der Waals surface area contributed by atoms with Gasteiger partial charge >= 0.3 is 0 Å². The molecule has 2 rings (SSSR count). The molecule has 5 heteroatoms. The van der Waals surface area contributed by atoms with Crippen LogP contribution >= 0.6 is 0 Å². The van der Waals surface area contributed by atoms with E-state index in [-0.39, 0.29) is 5.91 Å². The average molecular weight is 241 g/mol. The number of β-amino-alcohol motifs (C(OH)–C–C–N with tert-alkyl or cyclic N) is 1. The minimum atomic E-state index is -0.475. The molecule has 0 radical (unpaired) electrons. The summed E-state index contributed by atoms with van der Waals surface area (Å²) in [6.07, 6.45) is 4.52. The zero-order chi connectivity index (χ0) is 12.5. The molecule has 2 heterocycles. The third-order valence-electron chi connectivity index (χ3n) is 4.32. The first-order valence-electron chi connectivity index (χ1n) is 6.49. The second kappa shape index (κ2) is 4.92. The fourth-order valence-electron chi connectivity index (χ4n) is 3.49. The molecule has 17 heavy (non-hydrogen) atoms. The molecule has 2 bridgehead atoms. The van der Waals surface area contributed by atoms with Crippen LogP contribution in [0.2, 0.25) is 0 Å². The molecule has 3 atom stereocenters. The summed E-state index contributed by atoms with van der Waals surface area (Å²) in [6.45, 7) is 1.10. The van der Waals surface area contributed by atoms with E-state index in [0.29, 0.717) is 19.1 Å². The Morgan fingerprint density at radius 1 is 1.59 bits per heavy atom. The maximum absolute atomic E-state index is 11.8. The van der Waals surface area contributed by atoms with Gasteiger partial charge in [0.05, 0.1) is 6.10 Å². The van der Waals surface area contributed by atoms with Crippen LogP contribution in [0.4, 0.5) is 0 Å². The molecule has 0 aromatic heterocycles. The number of carbonyl (C=O) groups excluding carboxylic acids is 1.